The fourth-order valence-electron chi connectivity index (χ4n) is 2.00. The summed E-state index contributed by atoms with van der Waals surface area (Å²) < 4.78 is 0. The van der Waals surface area contributed by atoms with Crippen molar-refractivity contribution in [1.29, 1.82) is 0 Å². The maximum Gasteiger partial charge on any atom is 0.258 e. The zero-order valence-electron chi connectivity index (χ0n) is 12.8. The molecule has 0 aliphatic rings. The highest BCUT2D eigenvalue weighted by Crippen LogP contribution is 2.15. The van der Waals surface area contributed by atoms with Crippen molar-refractivity contribution in [2.45, 2.75) is 13.8 Å². The maximum absolute atomic E-state index is 12.6. The van der Waals surface area contributed by atoms with Crippen LogP contribution in [-0.4, -0.2) is 30.3 Å². The van der Waals surface area contributed by atoms with Gasteiger partial charge in [-0.3, -0.25) is 9.78 Å². The number of rotatable bonds is 6. The van der Waals surface area contributed by atoms with Gasteiger partial charge in [-0.2, -0.15) is 0 Å². The Morgan fingerprint density at radius 1 is 1.27 bits per heavy atom. The number of nitrogens with zero attached hydrogens (tertiary/aromatic N) is 3. The molecule has 0 N–H and O–H groups in total. The van der Waals surface area contributed by atoms with Crippen molar-refractivity contribution in [2.24, 2.45) is 5.16 Å². The van der Waals surface area contributed by atoms with Crippen LogP contribution in [0.25, 0.3) is 0 Å². The summed E-state index contributed by atoms with van der Waals surface area (Å²) in [6, 6.07) is 10.9. The van der Waals surface area contributed by atoms with Gasteiger partial charge in [-0.1, -0.05) is 17.3 Å². The summed E-state index contributed by atoms with van der Waals surface area (Å²) in [5, 5.41) is 3.80. The molecule has 5 heteroatoms. The lowest BCUT2D eigenvalue weighted by Crippen LogP contribution is -2.30. The molecule has 1 aromatic carbocycles. The van der Waals surface area contributed by atoms with Gasteiger partial charge in [0.15, 0.2) is 0 Å². The van der Waals surface area contributed by atoms with Gasteiger partial charge in [-0.05, 0) is 43.7 Å². The second-order valence-corrected chi connectivity index (χ2v) is 4.53. The van der Waals surface area contributed by atoms with Gasteiger partial charge in [0.25, 0.3) is 5.91 Å². The average molecular weight is 297 g/mol. The van der Waals surface area contributed by atoms with Crippen LogP contribution in [0.4, 0.5) is 5.69 Å². The number of hydrogen-bond acceptors (Lipinski definition) is 4. The average Bonchev–Trinajstić information content (AvgIpc) is 2.57. The number of oxime groups is 1. The minimum Gasteiger partial charge on any atom is -0.396 e. The summed E-state index contributed by atoms with van der Waals surface area (Å²) >= 11 is 0. The Hall–Kier alpha value is -2.69. The zero-order valence-corrected chi connectivity index (χ0v) is 12.8. The number of carbonyl (C=O) groups is 1. The third-order valence-corrected chi connectivity index (χ3v) is 3.08. The molecule has 0 bridgehead atoms. The minimum absolute atomic E-state index is 0.0520. The molecule has 1 heterocycles. The van der Waals surface area contributed by atoms with E-state index in [0.29, 0.717) is 18.7 Å². The quantitative estimate of drug-likeness (QED) is 0.608. The summed E-state index contributed by atoms with van der Waals surface area (Å²) in [5.41, 5.74) is 2.30. The van der Waals surface area contributed by atoms with Gasteiger partial charge in [0.1, 0.15) is 6.61 Å². The molecule has 0 saturated heterocycles. The number of aromatic nitrogens is 1. The van der Waals surface area contributed by atoms with Crippen molar-refractivity contribution in [3.05, 3.63) is 59.9 Å². The Kier molecular flexibility index (Phi) is 5.65. The SMILES string of the molecule is CCO/N=C/c1ccc(C(=O)N(CC)c2cccnc2)cc1. The topological polar surface area (TPSA) is 54.8 Å². The number of pyridine rings is 1. The normalized spacial score (nSPS) is 10.6. The van der Waals surface area contributed by atoms with Crippen LogP contribution < -0.4 is 4.90 Å². The molecule has 0 aliphatic carbocycles. The van der Waals surface area contributed by atoms with Crippen molar-refractivity contribution in [2.75, 3.05) is 18.1 Å². The Labute approximate surface area is 130 Å². The van der Waals surface area contributed by atoms with E-state index in [4.69, 9.17) is 4.84 Å². The van der Waals surface area contributed by atoms with Gasteiger partial charge in [-0.25, -0.2) is 0 Å². The van der Waals surface area contributed by atoms with E-state index in [1.807, 2.05) is 38.1 Å². The molecule has 0 atom stereocenters. The molecule has 2 rings (SSSR count). The Morgan fingerprint density at radius 2 is 2.05 bits per heavy atom. The fraction of sp³-hybridized carbons (Fsp3) is 0.235. The van der Waals surface area contributed by atoms with E-state index in [-0.39, 0.29) is 5.91 Å². The third-order valence-electron chi connectivity index (χ3n) is 3.08. The lowest BCUT2D eigenvalue weighted by atomic mass is 10.1. The van der Waals surface area contributed by atoms with Gasteiger partial charge in [0, 0.05) is 18.3 Å². The highest BCUT2D eigenvalue weighted by Gasteiger charge is 2.15. The molecule has 22 heavy (non-hydrogen) atoms. The molecule has 0 saturated carbocycles. The van der Waals surface area contributed by atoms with Gasteiger partial charge in [0.2, 0.25) is 0 Å². The first-order chi connectivity index (χ1) is 10.8. The van der Waals surface area contributed by atoms with Crippen LogP contribution in [0, 0.1) is 0 Å². The van der Waals surface area contributed by atoms with E-state index in [9.17, 15) is 4.79 Å². The summed E-state index contributed by atoms with van der Waals surface area (Å²) in [7, 11) is 0. The first-order valence-electron chi connectivity index (χ1n) is 7.23. The van der Waals surface area contributed by atoms with E-state index >= 15 is 0 Å². The molecule has 1 amide bonds. The number of hydrogen-bond donors (Lipinski definition) is 0. The Morgan fingerprint density at radius 3 is 2.64 bits per heavy atom. The van der Waals surface area contributed by atoms with E-state index in [2.05, 4.69) is 10.1 Å². The second kappa shape index (κ2) is 7.93. The zero-order chi connectivity index (χ0) is 15.8. The van der Waals surface area contributed by atoms with Crippen LogP contribution in [-0.2, 0) is 4.84 Å². The van der Waals surface area contributed by atoms with Crippen LogP contribution in [0.15, 0.2) is 53.9 Å². The van der Waals surface area contributed by atoms with E-state index < -0.39 is 0 Å². The maximum atomic E-state index is 12.6. The van der Waals surface area contributed by atoms with Gasteiger partial charge in [-0.15, -0.1) is 0 Å². The number of benzene rings is 1. The molecule has 5 nitrogen and oxygen atoms in total. The molecule has 0 spiro atoms. The molecule has 0 aliphatic heterocycles. The fourth-order valence-corrected chi connectivity index (χ4v) is 2.00. The van der Waals surface area contributed by atoms with E-state index in [0.717, 1.165) is 11.3 Å². The largest absolute Gasteiger partial charge is 0.396 e. The van der Waals surface area contributed by atoms with Crippen molar-refractivity contribution < 1.29 is 9.63 Å². The van der Waals surface area contributed by atoms with Crippen molar-refractivity contribution in [3.63, 3.8) is 0 Å². The summed E-state index contributed by atoms with van der Waals surface area (Å²) in [4.78, 5) is 23.3. The number of anilines is 1. The molecule has 1 aromatic heterocycles. The standard InChI is InChI=1S/C17H19N3O2/c1-3-20(16-6-5-11-18-13-16)17(21)15-9-7-14(8-10-15)12-19-22-4-2/h5-13H,3-4H2,1-2H3/b19-12+. The van der Waals surface area contributed by atoms with Crippen LogP contribution in [0.1, 0.15) is 29.8 Å². The van der Waals surface area contributed by atoms with Crippen LogP contribution >= 0.6 is 0 Å². The lowest BCUT2D eigenvalue weighted by molar-refractivity contribution is 0.0988. The van der Waals surface area contributed by atoms with Crippen molar-refractivity contribution in [1.82, 2.24) is 4.98 Å². The molecule has 0 unspecified atom stereocenters. The second-order valence-electron chi connectivity index (χ2n) is 4.53. The van der Waals surface area contributed by atoms with Crippen LogP contribution in [0.5, 0.6) is 0 Å². The van der Waals surface area contributed by atoms with Crippen LogP contribution in [0.3, 0.4) is 0 Å². The van der Waals surface area contributed by atoms with Crippen molar-refractivity contribution in [3.8, 4) is 0 Å². The molecule has 0 fully saturated rings. The first-order valence-corrected chi connectivity index (χ1v) is 7.23. The monoisotopic (exact) mass is 297 g/mol. The predicted octanol–water partition coefficient (Wildman–Crippen LogP) is 3.12. The molecular weight excluding hydrogens is 278 g/mol. The molecular formula is C17H19N3O2. The predicted molar refractivity (Wildman–Crippen MR) is 87.2 cm³/mol. The highest BCUT2D eigenvalue weighted by molar-refractivity contribution is 6.06. The molecule has 114 valence electrons. The Balaban J connectivity index is 2.14. The minimum atomic E-state index is -0.0520. The van der Waals surface area contributed by atoms with E-state index in [1.54, 1.807) is 35.6 Å². The number of amides is 1. The van der Waals surface area contributed by atoms with Crippen LogP contribution in [0.2, 0.25) is 0 Å². The van der Waals surface area contributed by atoms with Crippen molar-refractivity contribution >= 4 is 17.8 Å². The summed E-state index contributed by atoms with van der Waals surface area (Å²) in [5.74, 6) is -0.0520. The van der Waals surface area contributed by atoms with Gasteiger partial charge >= 0.3 is 0 Å². The lowest BCUT2D eigenvalue weighted by Gasteiger charge is -2.20. The molecule has 0 radical (unpaired) electrons. The first kappa shape index (κ1) is 15.7. The Bertz CT molecular complexity index is 624. The van der Waals surface area contributed by atoms with Gasteiger partial charge < -0.3 is 9.74 Å². The number of carbonyl (C=O) groups excluding carboxylic acids is 1. The molecule has 2 aromatic rings. The smallest absolute Gasteiger partial charge is 0.258 e. The summed E-state index contributed by atoms with van der Waals surface area (Å²) in [6.45, 7) is 4.92. The summed E-state index contributed by atoms with van der Waals surface area (Å²) in [6.07, 6.45) is 5.00. The van der Waals surface area contributed by atoms with E-state index in [1.165, 1.54) is 0 Å². The van der Waals surface area contributed by atoms with Gasteiger partial charge in [0.05, 0.1) is 18.1 Å². The third kappa shape index (κ3) is 3.91. The highest BCUT2D eigenvalue weighted by atomic mass is 16.6.